The molecule has 2 aromatic carbocycles. The molecule has 0 radical (unpaired) electrons. The van der Waals surface area contributed by atoms with Crippen molar-refractivity contribution >= 4 is 18.4 Å². The summed E-state index contributed by atoms with van der Waals surface area (Å²) in [6.45, 7) is 2.33. The second kappa shape index (κ2) is 7.10. The number of aromatic hydroxyl groups is 1. The second-order valence-electron chi connectivity index (χ2n) is 4.90. The highest BCUT2D eigenvalue weighted by Gasteiger charge is 2.09. The van der Waals surface area contributed by atoms with Crippen LogP contribution in [0, 0.1) is 4.77 Å². The highest BCUT2D eigenvalue weighted by molar-refractivity contribution is 7.71. The minimum Gasteiger partial charge on any atom is -0.504 e. The average Bonchev–Trinajstić information content (AvgIpc) is 2.97. The van der Waals surface area contributed by atoms with Gasteiger partial charge in [-0.3, -0.25) is 0 Å². The quantitative estimate of drug-likeness (QED) is 0.550. The van der Waals surface area contributed by atoms with E-state index in [1.54, 1.807) is 18.2 Å². The number of nitrogens with one attached hydrogen (secondary N) is 1. The van der Waals surface area contributed by atoms with Crippen LogP contribution in [0.4, 0.5) is 0 Å². The van der Waals surface area contributed by atoms with E-state index in [1.807, 2.05) is 37.3 Å². The van der Waals surface area contributed by atoms with Gasteiger partial charge in [-0.2, -0.15) is 14.9 Å². The van der Waals surface area contributed by atoms with Gasteiger partial charge in [-0.15, -0.1) is 0 Å². The van der Waals surface area contributed by atoms with E-state index < -0.39 is 0 Å². The lowest BCUT2D eigenvalue weighted by molar-refractivity contribution is 0.318. The molecule has 1 heterocycles. The van der Waals surface area contributed by atoms with Gasteiger partial charge in [-0.05, 0) is 31.3 Å². The van der Waals surface area contributed by atoms with E-state index in [0.717, 1.165) is 5.56 Å². The largest absolute Gasteiger partial charge is 0.504 e. The molecule has 3 aromatic rings. The zero-order chi connectivity index (χ0) is 16.9. The Balaban J connectivity index is 1.98. The first-order valence-electron chi connectivity index (χ1n) is 7.42. The molecule has 0 bridgehead atoms. The fraction of sp³-hybridized carbons (Fsp3) is 0.118. The number of benzene rings is 2. The topological polar surface area (TPSA) is 75.4 Å². The van der Waals surface area contributed by atoms with E-state index in [2.05, 4.69) is 15.3 Å². The number of aromatic amines is 1. The lowest BCUT2D eigenvalue weighted by Crippen LogP contribution is -1.97. The molecule has 0 saturated heterocycles. The van der Waals surface area contributed by atoms with Crippen LogP contribution in [-0.4, -0.2) is 32.8 Å². The molecule has 122 valence electrons. The van der Waals surface area contributed by atoms with Gasteiger partial charge in [0.05, 0.1) is 12.8 Å². The molecule has 0 saturated carbocycles. The predicted octanol–water partition coefficient (Wildman–Crippen LogP) is 3.59. The monoisotopic (exact) mass is 340 g/mol. The van der Waals surface area contributed by atoms with E-state index in [1.165, 1.54) is 10.9 Å². The molecule has 0 unspecified atom stereocenters. The van der Waals surface area contributed by atoms with E-state index in [4.69, 9.17) is 17.0 Å². The maximum Gasteiger partial charge on any atom is 0.216 e. The molecule has 3 rings (SSSR count). The molecular weight excluding hydrogens is 324 g/mol. The summed E-state index contributed by atoms with van der Waals surface area (Å²) in [7, 11) is 0. The SMILES string of the molecule is CCOc1cccc(C=Nn2c(-c3ccccc3)n[nH]c2=S)c1O. The number of hydrogen-bond acceptors (Lipinski definition) is 5. The molecule has 7 heteroatoms. The lowest BCUT2D eigenvalue weighted by atomic mass is 10.2. The molecule has 0 aliphatic carbocycles. The standard InChI is InChI=1S/C17H16N4O2S/c1-2-23-14-10-6-9-13(15(14)22)11-18-21-16(19-20-17(21)24)12-7-4-3-5-8-12/h3-11,22H,2H2,1H3,(H,20,24). The van der Waals surface area contributed by atoms with E-state index in [9.17, 15) is 5.11 Å². The Hall–Kier alpha value is -2.93. The molecule has 0 spiro atoms. The number of para-hydroxylation sites is 1. The highest BCUT2D eigenvalue weighted by Crippen LogP contribution is 2.28. The first-order valence-corrected chi connectivity index (χ1v) is 7.83. The molecule has 2 N–H and O–H groups in total. The molecule has 0 aliphatic rings. The maximum absolute atomic E-state index is 10.2. The van der Waals surface area contributed by atoms with Crippen LogP contribution in [-0.2, 0) is 0 Å². The van der Waals surface area contributed by atoms with Gasteiger partial charge >= 0.3 is 0 Å². The van der Waals surface area contributed by atoms with Crippen molar-refractivity contribution in [3.63, 3.8) is 0 Å². The summed E-state index contributed by atoms with van der Waals surface area (Å²) in [6.07, 6.45) is 1.52. The molecule has 24 heavy (non-hydrogen) atoms. The minimum atomic E-state index is 0.0411. The highest BCUT2D eigenvalue weighted by atomic mass is 32.1. The second-order valence-corrected chi connectivity index (χ2v) is 5.29. The van der Waals surface area contributed by atoms with Gasteiger partial charge in [0.25, 0.3) is 0 Å². The maximum atomic E-state index is 10.2. The summed E-state index contributed by atoms with van der Waals surface area (Å²) in [5.74, 6) is 1.05. The summed E-state index contributed by atoms with van der Waals surface area (Å²) in [5, 5.41) is 21.5. The number of ether oxygens (including phenoxy) is 1. The number of aromatic nitrogens is 3. The summed E-state index contributed by atoms with van der Waals surface area (Å²) < 4.78 is 7.25. The summed E-state index contributed by atoms with van der Waals surface area (Å²) in [4.78, 5) is 0. The first kappa shape index (κ1) is 15.9. The van der Waals surface area contributed by atoms with Gasteiger partial charge < -0.3 is 9.84 Å². The molecule has 0 fully saturated rings. The van der Waals surface area contributed by atoms with Crippen molar-refractivity contribution in [3.8, 4) is 22.9 Å². The van der Waals surface area contributed by atoms with Crippen LogP contribution in [0.15, 0.2) is 53.6 Å². The number of hydrogen-bond donors (Lipinski definition) is 2. The Labute approximate surface area is 144 Å². The van der Waals surface area contributed by atoms with E-state index in [0.29, 0.717) is 28.5 Å². The predicted molar refractivity (Wildman–Crippen MR) is 95.1 cm³/mol. The van der Waals surface area contributed by atoms with Gasteiger partial charge in [-0.25, -0.2) is 5.10 Å². The van der Waals surface area contributed by atoms with Crippen molar-refractivity contribution in [1.29, 1.82) is 0 Å². The van der Waals surface area contributed by atoms with Crippen LogP contribution in [0.3, 0.4) is 0 Å². The number of H-pyrrole nitrogens is 1. The zero-order valence-corrected chi connectivity index (χ0v) is 13.8. The van der Waals surface area contributed by atoms with Crippen LogP contribution in [0.25, 0.3) is 11.4 Å². The molecule has 0 aliphatic heterocycles. The molecule has 1 aromatic heterocycles. The van der Waals surface area contributed by atoms with Crippen molar-refractivity contribution in [1.82, 2.24) is 14.9 Å². The third kappa shape index (κ3) is 3.21. The number of nitrogens with zero attached hydrogens (tertiary/aromatic N) is 3. The van der Waals surface area contributed by atoms with E-state index >= 15 is 0 Å². The Bertz CT molecular complexity index is 916. The smallest absolute Gasteiger partial charge is 0.216 e. The minimum absolute atomic E-state index is 0.0411. The van der Waals surface area contributed by atoms with Crippen molar-refractivity contribution in [2.24, 2.45) is 5.10 Å². The molecular formula is C17H16N4O2S. The number of phenols is 1. The lowest BCUT2D eigenvalue weighted by Gasteiger charge is -2.07. The van der Waals surface area contributed by atoms with Crippen molar-refractivity contribution in [2.45, 2.75) is 6.92 Å². The Morgan fingerprint density at radius 2 is 2.04 bits per heavy atom. The Morgan fingerprint density at radius 1 is 1.25 bits per heavy atom. The van der Waals surface area contributed by atoms with Crippen LogP contribution in [0.1, 0.15) is 12.5 Å². The fourth-order valence-electron chi connectivity index (χ4n) is 2.21. The summed E-state index contributed by atoms with van der Waals surface area (Å²) in [5.41, 5.74) is 1.41. The normalized spacial score (nSPS) is 11.0. The van der Waals surface area contributed by atoms with Crippen molar-refractivity contribution in [3.05, 3.63) is 58.9 Å². The molecule has 6 nitrogen and oxygen atoms in total. The summed E-state index contributed by atoms with van der Waals surface area (Å²) >= 11 is 5.23. The van der Waals surface area contributed by atoms with Gasteiger partial charge in [0.2, 0.25) is 4.77 Å². The first-order chi connectivity index (χ1) is 11.7. The van der Waals surface area contributed by atoms with Crippen LogP contribution in [0.5, 0.6) is 11.5 Å². The Morgan fingerprint density at radius 3 is 2.79 bits per heavy atom. The zero-order valence-electron chi connectivity index (χ0n) is 13.0. The van der Waals surface area contributed by atoms with Crippen LogP contribution in [0.2, 0.25) is 0 Å². The summed E-state index contributed by atoms with van der Waals surface area (Å²) in [6, 6.07) is 14.8. The number of rotatable bonds is 5. The molecule has 0 amide bonds. The van der Waals surface area contributed by atoms with Gasteiger partial charge in [0.15, 0.2) is 17.3 Å². The third-order valence-corrected chi connectivity index (χ3v) is 3.59. The fourth-order valence-corrected chi connectivity index (χ4v) is 2.39. The van der Waals surface area contributed by atoms with Gasteiger partial charge in [0, 0.05) is 11.1 Å². The number of phenolic OH excluding ortho intramolecular Hbond substituents is 1. The third-order valence-electron chi connectivity index (χ3n) is 3.32. The van der Waals surface area contributed by atoms with E-state index in [-0.39, 0.29) is 5.75 Å². The van der Waals surface area contributed by atoms with Crippen molar-refractivity contribution < 1.29 is 9.84 Å². The van der Waals surface area contributed by atoms with Crippen molar-refractivity contribution in [2.75, 3.05) is 6.61 Å². The van der Waals surface area contributed by atoms with Crippen LogP contribution < -0.4 is 4.74 Å². The van der Waals surface area contributed by atoms with Crippen LogP contribution >= 0.6 is 12.2 Å². The average molecular weight is 340 g/mol. The van der Waals surface area contributed by atoms with Gasteiger partial charge in [0.1, 0.15) is 0 Å². The molecule has 0 atom stereocenters. The van der Waals surface area contributed by atoms with Gasteiger partial charge in [-0.1, -0.05) is 36.4 Å². The Kier molecular flexibility index (Phi) is 4.72.